The van der Waals surface area contributed by atoms with Crippen molar-refractivity contribution >= 4 is 33.4 Å². The van der Waals surface area contributed by atoms with E-state index in [0.717, 1.165) is 31.3 Å². The molecule has 1 unspecified atom stereocenters. The first-order chi connectivity index (χ1) is 12.0. The summed E-state index contributed by atoms with van der Waals surface area (Å²) < 4.78 is 24.4. The molecule has 2 aromatic heterocycles. The number of sulfonamides is 1. The molecule has 0 aromatic carbocycles. The van der Waals surface area contributed by atoms with E-state index >= 15 is 0 Å². The number of H-pyrrole nitrogens is 1. The molecule has 1 atom stereocenters. The molecule has 0 bridgehead atoms. The van der Waals surface area contributed by atoms with Crippen LogP contribution in [0.15, 0.2) is 18.5 Å². The van der Waals surface area contributed by atoms with Gasteiger partial charge in [-0.3, -0.25) is 4.79 Å². The number of carbonyl (C=O) groups excluding carboxylic acids is 1. The molecule has 1 fully saturated rings. The molecule has 9 nitrogen and oxygen atoms in total. The van der Waals surface area contributed by atoms with Gasteiger partial charge in [0.1, 0.15) is 5.52 Å². The van der Waals surface area contributed by atoms with E-state index in [1.165, 1.54) is 12.5 Å². The molecule has 0 spiro atoms. The molecule has 25 heavy (non-hydrogen) atoms. The SMILES string of the molecule is CNCC1CCCCN1S(C)(=O)=O.O=CNc1cnc2[nH]ccc2n1. The van der Waals surface area contributed by atoms with Crippen molar-refractivity contribution < 1.29 is 13.2 Å². The minimum Gasteiger partial charge on any atom is -0.345 e. The van der Waals surface area contributed by atoms with E-state index < -0.39 is 10.0 Å². The standard InChI is InChI=1S/C8H18N2O2S.C7H6N4O/c1-9-7-8-5-3-4-6-10(8)13(2,11)12;12-4-10-6-3-9-7-5(11-6)1-2-8-7/h8-9H,3-7H2,1-2H3;1-4H,(H,8,9)(H,10,11,12). The molecule has 3 rings (SSSR count). The third kappa shape index (κ3) is 5.48. The number of aromatic nitrogens is 3. The Morgan fingerprint density at radius 1 is 1.44 bits per heavy atom. The third-order valence-corrected chi connectivity index (χ3v) is 5.24. The van der Waals surface area contributed by atoms with Crippen LogP contribution in [0.2, 0.25) is 0 Å². The Morgan fingerprint density at radius 2 is 2.24 bits per heavy atom. The molecule has 0 radical (unpaired) electrons. The minimum atomic E-state index is -3.00. The molecule has 138 valence electrons. The van der Waals surface area contributed by atoms with Crippen LogP contribution in [-0.2, 0) is 14.8 Å². The van der Waals surface area contributed by atoms with Crippen LogP contribution < -0.4 is 10.6 Å². The molecule has 3 heterocycles. The monoisotopic (exact) mass is 368 g/mol. The second-order valence-corrected chi connectivity index (χ2v) is 7.74. The highest BCUT2D eigenvalue weighted by Gasteiger charge is 2.28. The number of piperidine rings is 1. The zero-order valence-electron chi connectivity index (χ0n) is 14.4. The van der Waals surface area contributed by atoms with Crippen molar-refractivity contribution in [1.82, 2.24) is 24.6 Å². The van der Waals surface area contributed by atoms with E-state index in [-0.39, 0.29) is 6.04 Å². The zero-order valence-corrected chi connectivity index (χ0v) is 15.2. The Balaban J connectivity index is 0.000000181. The first kappa shape index (κ1) is 19.3. The number of hydrogen-bond acceptors (Lipinski definition) is 6. The molecule has 3 N–H and O–H groups in total. The Labute approximate surface area is 147 Å². The topological polar surface area (TPSA) is 120 Å². The molecule has 1 amide bonds. The van der Waals surface area contributed by atoms with Crippen molar-refractivity contribution in [2.24, 2.45) is 0 Å². The summed E-state index contributed by atoms with van der Waals surface area (Å²) >= 11 is 0. The molecular formula is C15H24N6O3S. The fraction of sp³-hybridized carbons (Fsp3) is 0.533. The quantitative estimate of drug-likeness (QED) is 0.663. The van der Waals surface area contributed by atoms with Crippen LogP contribution >= 0.6 is 0 Å². The van der Waals surface area contributed by atoms with E-state index in [1.807, 2.05) is 7.05 Å². The lowest BCUT2D eigenvalue weighted by Gasteiger charge is -2.33. The van der Waals surface area contributed by atoms with Crippen LogP contribution in [0.1, 0.15) is 19.3 Å². The van der Waals surface area contributed by atoms with Gasteiger partial charge in [-0.1, -0.05) is 6.42 Å². The van der Waals surface area contributed by atoms with Crippen molar-refractivity contribution in [2.45, 2.75) is 25.3 Å². The summed E-state index contributed by atoms with van der Waals surface area (Å²) in [5.41, 5.74) is 1.45. The van der Waals surface area contributed by atoms with E-state index in [9.17, 15) is 13.2 Å². The lowest BCUT2D eigenvalue weighted by Crippen LogP contribution is -2.47. The van der Waals surface area contributed by atoms with Gasteiger partial charge in [0.2, 0.25) is 16.4 Å². The smallest absolute Gasteiger partial charge is 0.212 e. The van der Waals surface area contributed by atoms with Gasteiger partial charge in [-0.25, -0.2) is 18.4 Å². The van der Waals surface area contributed by atoms with Crippen LogP contribution in [0.4, 0.5) is 5.82 Å². The van der Waals surface area contributed by atoms with E-state index in [2.05, 4.69) is 25.6 Å². The van der Waals surface area contributed by atoms with E-state index in [0.29, 0.717) is 24.4 Å². The Bertz CT molecular complexity index is 789. The van der Waals surface area contributed by atoms with E-state index in [4.69, 9.17) is 0 Å². The van der Waals surface area contributed by atoms with Crippen molar-refractivity contribution in [3.8, 4) is 0 Å². The molecule has 1 aliphatic rings. The summed E-state index contributed by atoms with van der Waals surface area (Å²) in [7, 11) is -1.15. The Kier molecular flexibility index (Phi) is 6.85. The molecule has 2 aromatic rings. The first-order valence-electron chi connectivity index (χ1n) is 8.07. The maximum atomic E-state index is 11.4. The summed E-state index contributed by atoms with van der Waals surface area (Å²) in [4.78, 5) is 21.1. The van der Waals surface area contributed by atoms with Gasteiger partial charge in [0.25, 0.3) is 0 Å². The predicted octanol–water partition coefficient (Wildman–Crippen LogP) is 0.546. The summed E-state index contributed by atoms with van der Waals surface area (Å²) in [5.74, 6) is 0.456. The third-order valence-electron chi connectivity index (χ3n) is 3.91. The first-order valence-corrected chi connectivity index (χ1v) is 9.92. The fourth-order valence-corrected chi connectivity index (χ4v) is 3.99. The van der Waals surface area contributed by atoms with Crippen LogP contribution in [0.3, 0.4) is 0 Å². The average molecular weight is 368 g/mol. The molecule has 0 aliphatic carbocycles. The summed E-state index contributed by atoms with van der Waals surface area (Å²) in [6.07, 6.45) is 8.21. The molecule has 1 saturated heterocycles. The number of amides is 1. The molecule has 10 heteroatoms. The second-order valence-electron chi connectivity index (χ2n) is 5.81. The number of hydrogen-bond donors (Lipinski definition) is 3. The maximum absolute atomic E-state index is 11.4. The second kappa shape index (κ2) is 8.88. The van der Waals surface area contributed by atoms with Crippen molar-refractivity contribution in [3.63, 3.8) is 0 Å². The minimum absolute atomic E-state index is 0.161. The number of likely N-dealkylation sites (N-methyl/N-ethyl adjacent to an activating group) is 1. The fourth-order valence-electron chi connectivity index (χ4n) is 2.81. The lowest BCUT2D eigenvalue weighted by atomic mass is 10.1. The molecule has 0 saturated carbocycles. The van der Waals surface area contributed by atoms with E-state index in [1.54, 1.807) is 16.6 Å². The van der Waals surface area contributed by atoms with Gasteiger partial charge >= 0.3 is 0 Å². The Hall–Kier alpha value is -2.04. The number of nitrogens with one attached hydrogen (secondary N) is 3. The lowest BCUT2D eigenvalue weighted by molar-refractivity contribution is -0.105. The van der Waals surface area contributed by atoms with Gasteiger partial charge in [-0.05, 0) is 26.0 Å². The van der Waals surface area contributed by atoms with Crippen molar-refractivity contribution in [2.75, 3.05) is 31.7 Å². The number of aromatic amines is 1. The highest BCUT2D eigenvalue weighted by atomic mass is 32.2. The number of fused-ring (bicyclic) bond motifs is 1. The normalized spacial score (nSPS) is 18.4. The summed E-state index contributed by atoms with van der Waals surface area (Å²) in [6, 6.07) is 1.95. The molecule has 1 aliphatic heterocycles. The highest BCUT2D eigenvalue weighted by molar-refractivity contribution is 7.88. The van der Waals surface area contributed by atoms with Gasteiger partial charge in [0.15, 0.2) is 11.5 Å². The number of carbonyl (C=O) groups is 1. The van der Waals surface area contributed by atoms with Crippen LogP contribution in [0.5, 0.6) is 0 Å². The zero-order chi connectivity index (χ0) is 18.3. The maximum Gasteiger partial charge on any atom is 0.212 e. The summed E-state index contributed by atoms with van der Waals surface area (Å²) in [5, 5.41) is 5.45. The highest BCUT2D eigenvalue weighted by Crippen LogP contribution is 2.18. The van der Waals surface area contributed by atoms with Gasteiger partial charge < -0.3 is 15.6 Å². The number of nitrogens with zero attached hydrogens (tertiary/aromatic N) is 3. The van der Waals surface area contributed by atoms with Crippen molar-refractivity contribution in [1.29, 1.82) is 0 Å². The van der Waals surface area contributed by atoms with Gasteiger partial charge in [0.05, 0.1) is 12.5 Å². The number of rotatable bonds is 5. The van der Waals surface area contributed by atoms with Gasteiger partial charge in [-0.2, -0.15) is 4.31 Å². The van der Waals surface area contributed by atoms with Crippen LogP contribution in [0, 0.1) is 0 Å². The Morgan fingerprint density at radius 3 is 2.92 bits per heavy atom. The van der Waals surface area contributed by atoms with Crippen molar-refractivity contribution in [3.05, 3.63) is 18.5 Å². The number of anilines is 1. The van der Waals surface area contributed by atoms with Crippen LogP contribution in [0.25, 0.3) is 11.2 Å². The molecular weight excluding hydrogens is 344 g/mol. The predicted molar refractivity (Wildman–Crippen MR) is 96.7 cm³/mol. The van der Waals surface area contributed by atoms with Crippen LogP contribution in [-0.4, -0.2) is 66.5 Å². The van der Waals surface area contributed by atoms with Gasteiger partial charge in [-0.15, -0.1) is 0 Å². The average Bonchev–Trinajstić information content (AvgIpc) is 3.03. The summed E-state index contributed by atoms with van der Waals surface area (Å²) in [6.45, 7) is 1.44. The van der Waals surface area contributed by atoms with Gasteiger partial charge in [0, 0.05) is 25.3 Å². The largest absolute Gasteiger partial charge is 0.345 e.